The van der Waals surface area contributed by atoms with Crippen LogP contribution in [0.1, 0.15) is 38.5 Å². The number of methoxy groups -OCH3 is 2. The molecule has 1 heterocycles. The van der Waals surface area contributed by atoms with Gasteiger partial charge in [0.25, 0.3) is 5.91 Å². The second-order valence-corrected chi connectivity index (χ2v) is 4.20. The fourth-order valence-corrected chi connectivity index (χ4v) is 1.85. The number of H-pyrrole nitrogens is 1. The van der Waals surface area contributed by atoms with Crippen LogP contribution < -0.4 is 5.32 Å². The van der Waals surface area contributed by atoms with Crippen molar-refractivity contribution in [1.82, 2.24) is 10.3 Å². The van der Waals surface area contributed by atoms with Crippen molar-refractivity contribution in [2.45, 2.75) is 20.3 Å². The Morgan fingerprint density at radius 3 is 2.35 bits per heavy atom. The number of nitrogens with one attached hydrogen (secondary N) is 2. The lowest BCUT2D eigenvalue weighted by atomic mass is 10.1. The Hall–Kier alpha value is -2.31. The molecule has 20 heavy (non-hydrogen) atoms. The molecule has 0 saturated carbocycles. The van der Waals surface area contributed by atoms with Crippen molar-refractivity contribution < 1.29 is 23.9 Å². The minimum absolute atomic E-state index is 0.0881. The van der Waals surface area contributed by atoms with Crippen LogP contribution in [0.25, 0.3) is 0 Å². The number of ether oxygens (including phenoxy) is 2. The van der Waals surface area contributed by atoms with Crippen molar-refractivity contribution in [3.63, 3.8) is 0 Å². The van der Waals surface area contributed by atoms with Crippen molar-refractivity contribution in [1.29, 1.82) is 0 Å². The number of hydrogen-bond donors (Lipinski definition) is 2. The third-order valence-corrected chi connectivity index (χ3v) is 2.90. The van der Waals surface area contributed by atoms with Crippen LogP contribution in [-0.2, 0) is 14.3 Å². The first-order chi connectivity index (χ1) is 9.42. The van der Waals surface area contributed by atoms with Gasteiger partial charge in [0.2, 0.25) is 0 Å². The molecule has 0 radical (unpaired) electrons. The molecule has 7 nitrogen and oxygen atoms in total. The van der Waals surface area contributed by atoms with Crippen LogP contribution >= 0.6 is 0 Å². The largest absolute Gasteiger partial charge is 0.469 e. The maximum Gasteiger partial charge on any atom is 0.339 e. The normalized spacial score (nSPS) is 10.0. The SMILES string of the molecule is COC(=O)CCNC(=O)c1[nH]c(C)c(C(=O)OC)c1C. The summed E-state index contributed by atoms with van der Waals surface area (Å²) in [5.41, 5.74) is 1.72. The highest BCUT2D eigenvalue weighted by atomic mass is 16.5. The van der Waals surface area contributed by atoms with Gasteiger partial charge in [0.05, 0.1) is 26.2 Å². The van der Waals surface area contributed by atoms with Crippen LogP contribution in [0, 0.1) is 13.8 Å². The number of amides is 1. The zero-order chi connectivity index (χ0) is 15.3. The third kappa shape index (κ3) is 3.37. The summed E-state index contributed by atoms with van der Waals surface area (Å²) >= 11 is 0. The molecule has 110 valence electrons. The molecular formula is C13H18N2O5. The van der Waals surface area contributed by atoms with Gasteiger partial charge in [0.15, 0.2) is 0 Å². The zero-order valence-electron chi connectivity index (χ0n) is 12.0. The Morgan fingerprint density at radius 2 is 1.80 bits per heavy atom. The van der Waals surface area contributed by atoms with Crippen LogP contribution in [0.2, 0.25) is 0 Å². The summed E-state index contributed by atoms with van der Waals surface area (Å²) in [5.74, 6) is -1.28. The van der Waals surface area contributed by atoms with Gasteiger partial charge in [0, 0.05) is 12.2 Å². The molecule has 1 aromatic heterocycles. The molecule has 0 aliphatic heterocycles. The number of aromatic amines is 1. The molecule has 1 aromatic rings. The number of carbonyl (C=O) groups is 3. The predicted octanol–water partition coefficient (Wildman–Crippen LogP) is 0.711. The molecule has 1 rings (SSSR count). The van der Waals surface area contributed by atoms with Crippen molar-refractivity contribution >= 4 is 17.8 Å². The fourth-order valence-electron chi connectivity index (χ4n) is 1.85. The Labute approximate surface area is 116 Å². The molecule has 0 aliphatic carbocycles. The van der Waals surface area contributed by atoms with E-state index in [1.807, 2.05) is 0 Å². The quantitative estimate of drug-likeness (QED) is 0.775. The Balaban J connectivity index is 2.79. The number of aromatic nitrogens is 1. The van der Waals surface area contributed by atoms with Gasteiger partial charge in [-0.15, -0.1) is 0 Å². The lowest BCUT2D eigenvalue weighted by Gasteiger charge is -2.04. The Kier molecular flexibility index (Phi) is 5.31. The fraction of sp³-hybridized carbons (Fsp3) is 0.462. The molecule has 2 N–H and O–H groups in total. The average Bonchev–Trinajstić information content (AvgIpc) is 2.73. The highest BCUT2D eigenvalue weighted by Gasteiger charge is 2.22. The molecule has 0 saturated heterocycles. The smallest absolute Gasteiger partial charge is 0.339 e. The van der Waals surface area contributed by atoms with E-state index in [4.69, 9.17) is 0 Å². The highest BCUT2D eigenvalue weighted by Crippen LogP contribution is 2.18. The number of hydrogen-bond acceptors (Lipinski definition) is 5. The van der Waals surface area contributed by atoms with Crippen LogP contribution in [0.15, 0.2) is 0 Å². The van der Waals surface area contributed by atoms with Gasteiger partial charge < -0.3 is 19.8 Å². The number of esters is 2. The first kappa shape index (κ1) is 15.7. The van der Waals surface area contributed by atoms with Gasteiger partial charge >= 0.3 is 11.9 Å². The van der Waals surface area contributed by atoms with Gasteiger partial charge in [-0.1, -0.05) is 0 Å². The molecule has 0 fully saturated rings. The van der Waals surface area contributed by atoms with E-state index < -0.39 is 11.9 Å². The van der Waals surface area contributed by atoms with Crippen LogP contribution in [0.5, 0.6) is 0 Å². The lowest BCUT2D eigenvalue weighted by Crippen LogP contribution is -2.27. The first-order valence-electron chi connectivity index (χ1n) is 6.04. The van der Waals surface area contributed by atoms with Crippen molar-refractivity contribution in [2.24, 2.45) is 0 Å². The number of aryl methyl sites for hydroxylation is 1. The topological polar surface area (TPSA) is 97.5 Å². The van der Waals surface area contributed by atoms with E-state index in [9.17, 15) is 14.4 Å². The molecule has 0 spiro atoms. The van der Waals surface area contributed by atoms with Crippen molar-refractivity contribution in [2.75, 3.05) is 20.8 Å². The van der Waals surface area contributed by atoms with Gasteiger partial charge in [-0.05, 0) is 19.4 Å². The highest BCUT2D eigenvalue weighted by molar-refractivity contribution is 6.00. The summed E-state index contributed by atoms with van der Waals surface area (Å²) in [4.78, 5) is 37.4. The summed E-state index contributed by atoms with van der Waals surface area (Å²) in [7, 11) is 2.57. The van der Waals surface area contributed by atoms with Crippen molar-refractivity contribution in [3.05, 3.63) is 22.5 Å². The average molecular weight is 282 g/mol. The van der Waals surface area contributed by atoms with Crippen LogP contribution in [-0.4, -0.2) is 43.6 Å². The van der Waals surface area contributed by atoms with Gasteiger partial charge in [-0.25, -0.2) is 4.79 Å². The lowest BCUT2D eigenvalue weighted by molar-refractivity contribution is -0.140. The monoisotopic (exact) mass is 282 g/mol. The molecule has 0 atom stereocenters. The molecular weight excluding hydrogens is 264 g/mol. The third-order valence-electron chi connectivity index (χ3n) is 2.90. The second kappa shape index (κ2) is 6.74. The second-order valence-electron chi connectivity index (χ2n) is 4.20. The molecule has 0 bridgehead atoms. The molecule has 0 unspecified atom stereocenters. The summed E-state index contributed by atoms with van der Waals surface area (Å²) < 4.78 is 9.14. The van der Waals surface area contributed by atoms with E-state index in [1.165, 1.54) is 14.2 Å². The van der Waals surface area contributed by atoms with Crippen LogP contribution in [0.4, 0.5) is 0 Å². The summed E-state index contributed by atoms with van der Waals surface area (Å²) in [5, 5.41) is 2.58. The van der Waals surface area contributed by atoms with E-state index >= 15 is 0 Å². The minimum Gasteiger partial charge on any atom is -0.469 e. The molecule has 1 amide bonds. The van der Waals surface area contributed by atoms with E-state index in [1.54, 1.807) is 13.8 Å². The molecule has 0 aliphatic rings. The predicted molar refractivity (Wildman–Crippen MR) is 70.6 cm³/mol. The number of rotatable bonds is 5. The van der Waals surface area contributed by atoms with Crippen molar-refractivity contribution in [3.8, 4) is 0 Å². The van der Waals surface area contributed by atoms with Gasteiger partial charge in [-0.2, -0.15) is 0 Å². The Morgan fingerprint density at radius 1 is 1.15 bits per heavy atom. The maximum atomic E-state index is 12.0. The van der Waals surface area contributed by atoms with E-state index in [2.05, 4.69) is 19.8 Å². The Bertz CT molecular complexity index is 533. The van der Waals surface area contributed by atoms with Gasteiger partial charge in [-0.3, -0.25) is 9.59 Å². The minimum atomic E-state index is -0.495. The standard InChI is InChI=1S/C13H18N2O5/c1-7-10(13(18)20-4)8(2)15-11(7)12(17)14-6-5-9(16)19-3/h15H,5-6H2,1-4H3,(H,14,17). The summed E-state index contributed by atoms with van der Waals surface area (Å²) in [6, 6.07) is 0. The maximum absolute atomic E-state index is 12.0. The van der Waals surface area contributed by atoms with E-state index in [0.717, 1.165) is 0 Å². The molecule has 7 heteroatoms. The van der Waals surface area contributed by atoms with E-state index in [-0.39, 0.29) is 24.6 Å². The zero-order valence-corrected chi connectivity index (χ0v) is 12.0. The number of carbonyl (C=O) groups excluding carboxylic acids is 3. The van der Waals surface area contributed by atoms with Gasteiger partial charge in [0.1, 0.15) is 5.69 Å². The van der Waals surface area contributed by atoms with E-state index in [0.29, 0.717) is 16.8 Å². The first-order valence-corrected chi connectivity index (χ1v) is 6.04. The summed E-state index contributed by atoms with van der Waals surface area (Å²) in [6.45, 7) is 3.51. The summed E-state index contributed by atoms with van der Waals surface area (Å²) in [6.07, 6.45) is 0.0881. The molecule has 0 aromatic carbocycles. The van der Waals surface area contributed by atoms with Crippen LogP contribution in [0.3, 0.4) is 0 Å².